The number of hydrogen-bond acceptors (Lipinski definition) is 2. The van der Waals surface area contributed by atoms with E-state index in [1.54, 1.807) is 0 Å². The van der Waals surface area contributed by atoms with E-state index in [1.165, 1.54) is 32.1 Å². The molecule has 2 heteroatoms. The second kappa shape index (κ2) is 6.73. The number of nitrogens with one attached hydrogen (secondary N) is 1. The summed E-state index contributed by atoms with van der Waals surface area (Å²) in [6, 6.07) is 0.714. The molecule has 2 unspecified atom stereocenters. The summed E-state index contributed by atoms with van der Waals surface area (Å²) in [5.74, 6) is 0. The maximum atomic E-state index is 3.59. The van der Waals surface area contributed by atoms with E-state index in [0.717, 1.165) is 17.0 Å². The molecule has 0 bridgehead atoms. The minimum Gasteiger partial charge on any atom is -0.313 e. The zero-order valence-corrected chi connectivity index (χ0v) is 10.7. The van der Waals surface area contributed by atoms with Gasteiger partial charge in [-0.1, -0.05) is 33.6 Å². The van der Waals surface area contributed by atoms with Crippen LogP contribution in [0.5, 0.6) is 0 Å². The molecule has 0 aromatic rings. The summed E-state index contributed by atoms with van der Waals surface area (Å²) in [5.41, 5.74) is 0. The molecule has 14 heavy (non-hydrogen) atoms. The van der Waals surface area contributed by atoms with Crippen molar-refractivity contribution in [3.8, 4) is 0 Å². The first-order chi connectivity index (χ1) is 6.77. The Hall–Kier alpha value is 0.310. The molecule has 0 heterocycles. The van der Waals surface area contributed by atoms with Gasteiger partial charge >= 0.3 is 0 Å². The van der Waals surface area contributed by atoms with Crippen LogP contribution < -0.4 is 5.32 Å². The summed E-state index contributed by atoms with van der Waals surface area (Å²) in [6.07, 6.45) is 7.09. The standard InChI is InChI=1S/C12H25NS/c1-4-12(13-5-2)10(3)14-11-8-6-7-9-11/h10-13H,4-9H2,1-3H3. The minimum absolute atomic E-state index is 0.714. The molecule has 0 amide bonds. The van der Waals surface area contributed by atoms with Gasteiger partial charge in [0.15, 0.2) is 0 Å². The average molecular weight is 215 g/mol. The van der Waals surface area contributed by atoms with E-state index in [-0.39, 0.29) is 0 Å². The maximum Gasteiger partial charge on any atom is 0.0181 e. The molecule has 0 aromatic carbocycles. The third-order valence-electron chi connectivity index (χ3n) is 3.18. The Balaban J connectivity index is 2.26. The molecule has 0 aliphatic heterocycles. The summed E-state index contributed by atoms with van der Waals surface area (Å²) in [6.45, 7) is 7.99. The van der Waals surface area contributed by atoms with Gasteiger partial charge in [0.2, 0.25) is 0 Å². The van der Waals surface area contributed by atoms with Gasteiger partial charge < -0.3 is 5.32 Å². The molecule has 1 aliphatic rings. The summed E-state index contributed by atoms with van der Waals surface area (Å²) in [4.78, 5) is 0. The predicted molar refractivity (Wildman–Crippen MR) is 67.1 cm³/mol. The summed E-state index contributed by atoms with van der Waals surface area (Å²) in [7, 11) is 0. The van der Waals surface area contributed by atoms with Crippen LogP contribution in [0, 0.1) is 0 Å². The van der Waals surface area contributed by atoms with Crippen molar-refractivity contribution in [2.45, 2.75) is 69.4 Å². The monoisotopic (exact) mass is 215 g/mol. The van der Waals surface area contributed by atoms with Gasteiger partial charge in [0.25, 0.3) is 0 Å². The number of rotatable bonds is 6. The molecule has 1 fully saturated rings. The Morgan fingerprint density at radius 2 is 1.93 bits per heavy atom. The van der Waals surface area contributed by atoms with E-state index in [9.17, 15) is 0 Å². The van der Waals surface area contributed by atoms with Gasteiger partial charge in [-0.05, 0) is 25.8 Å². The zero-order valence-electron chi connectivity index (χ0n) is 9.88. The van der Waals surface area contributed by atoms with Crippen molar-refractivity contribution in [1.29, 1.82) is 0 Å². The SMILES string of the molecule is CCNC(CC)C(C)SC1CCCC1. The van der Waals surface area contributed by atoms with Gasteiger partial charge in [-0.3, -0.25) is 0 Å². The van der Waals surface area contributed by atoms with Crippen molar-refractivity contribution in [2.24, 2.45) is 0 Å². The fourth-order valence-corrected chi connectivity index (χ4v) is 4.02. The third kappa shape index (κ3) is 3.82. The predicted octanol–water partition coefficient (Wildman–Crippen LogP) is 3.44. The van der Waals surface area contributed by atoms with Gasteiger partial charge in [0.1, 0.15) is 0 Å². The Morgan fingerprint density at radius 1 is 1.29 bits per heavy atom. The highest BCUT2D eigenvalue weighted by Crippen LogP contribution is 2.33. The summed E-state index contributed by atoms with van der Waals surface area (Å²) < 4.78 is 0. The Morgan fingerprint density at radius 3 is 2.43 bits per heavy atom. The molecule has 1 nitrogen and oxygen atoms in total. The first kappa shape index (κ1) is 12.4. The summed E-state index contributed by atoms with van der Waals surface area (Å²) in [5, 5.41) is 5.32. The van der Waals surface area contributed by atoms with Gasteiger partial charge in [-0.2, -0.15) is 11.8 Å². The Labute approximate surface area is 93.4 Å². The van der Waals surface area contributed by atoms with Crippen LogP contribution in [0.25, 0.3) is 0 Å². The topological polar surface area (TPSA) is 12.0 Å². The van der Waals surface area contributed by atoms with Gasteiger partial charge in [-0.25, -0.2) is 0 Å². The van der Waals surface area contributed by atoms with Crippen LogP contribution in [-0.2, 0) is 0 Å². The van der Waals surface area contributed by atoms with Crippen molar-refractivity contribution < 1.29 is 0 Å². The van der Waals surface area contributed by atoms with Crippen LogP contribution in [0.2, 0.25) is 0 Å². The zero-order chi connectivity index (χ0) is 10.4. The first-order valence-corrected chi connectivity index (χ1v) is 7.11. The highest BCUT2D eigenvalue weighted by molar-refractivity contribution is 8.00. The van der Waals surface area contributed by atoms with Crippen molar-refractivity contribution >= 4 is 11.8 Å². The fourth-order valence-electron chi connectivity index (χ4n) is 2.33. The van der Waals surface area contributed by atoms with E-state index in [1.807, 2.05) is 0 Å². The lowest BCUT2D eigenvalue weighted by Crippen LogP contribution is -2.36. The van der Waals surface area contributed by atoms with Gasteiger partial charge in [0, 0.05) is 16.5 Å². The van der Waals surface area contributed by atoms with Crippen LogP contribution >= 0.6 is 11.8 Å². The smallest absolute Gasteiger partial charge is 0.0181 e. The Kier molecular flexibility index (Phi) is 5.95. The lowest BCUT2D eigenvalue weighted by molar-refractivity contribution is 0.508. The molecule has 84 valence electrons. The van der Waals surface area contributed by atoms with Gasteiger partial charge in [0.05, 0.1) is 0 Å². The molecule has 1 saturated carbocycles. The highest BCUT2D eigenvalue weighted by atomic mass is 32.2. The van der Waals surface area contributed by atoms with Crippen molar-refractivity contribution in [1.82, 2.24) is 5.32 Å². The van der Waals surface area contributed by atoms with E-state index in [2.05, 4.69) is 37.8 Å². The number of hydrogen-bond donors (Lipinski definition) is 1. The van der Waals surface area contributed by atoms with Crippen molar-refractivity contribution in [2.75, 3.05) is 6.54 Å². The number of thioether (sulfide) groups is 1. The van der Waals surface area contributed by atoms with E-state index < -0.39 is 0 Å². The molecular formula is C12H25NS. The van der Waals surface area contributed by atoms with E-state index in [0.29, 0.717) is 6.04 Å². The molecule has 2 atom stereocenters. The fraction of sp³-hybridized carbons (Fsp3) is 1.00. The molecule has 0 spiro atoms. The van der Waals surface area contributed by atoms with Crippen molar-refractivity contribution in [3.05, 3.63) is 0 Å². The van der Waals surface area contributed by atoms with Crippen LogP contribution in [-0.4, -0.2) is 23.1 Å². The quantitative estimate of drug-likeness (QED) is 0.728. The summed E-state index contributed by atoms with van der Waals surface area (Å²) >= 11 is 2.22. The molecule has 0 radical (unpaired) electrons. The van der Waals surface area contributed by atoms with E-state index in [4.69, 9.17) is 0 Å². The molecule has 0 saturated heterocycles. The second-order valence-electron chi connectivity index (χ2n) is 4.32. The van der Waals surface area contributed by atoms with Crippen LogP contribution in [0.1, 0.15) is 52.9 Å². The minimum atomic E-state index is 0.714. The molecule has 1 N–H and O–H groups in total. The highest BCUT2D eigenvalue weighted by Gasteiger charge is 2.22. The lowest BCUT2D eigenvalue weighted by Gasteiger charge is -2.25. The maximum absolute atomic E-state index is 3.59. The molecule has 1 rings (SSSR count). The Bertz CT molecular complexity index is 143. The largest absolute Gasteiger partial charge is 0.313 e. The van der Waals surface area contributed by atoms with E-state index >= 15 is 0 Å². The molecular weight excluding hydrogens is 190 g/mol. The second-order valence-corrected chi connectivity index (χ2v) is 6.00. The third-order valence-corrected chi connectivity index (χ3v) is 4.80. The first-order valence-electron chi connectivity index (χ1n) is 6.16. The molecule has 0 aromatic heterocycles. The van der Waals surface area contributed by atoms with Gasteiger partial charge in [-0.15, -0.1) is 0 Å². The van der Waals surface area contributed by atoms with Crippen molar-refractivity contribution in [3.63, 3.8) is 0 Å². The van der Waals surface area contributed by atoms with Crippen LogP contribution in [0.3, 0.4) is 0 Å². The average Bonchev–Trinajstić information content (AvgIpc) is 2.66. The van der Waals surface area contributed by atoms with Crippen LogP contribution in [0.4, 0.5) is 0 Å². The lowest BCUT2D eigenvalue weighted by atomic mass is 10.2. The molecule has 1 aliphatic carbocycles. The van der Waals surface area contributed by atoms with Crippen LogP contribution in [0.15, 0.2) is 0 Å². The normalized spacial score (nSPS) is 22.5.